The lowest BCUT2D eigenvalue weighted by molar-refractivity contribution is -0.319. The van der Waals surface area contributed by atoms with Crippen molar-refractivity contribution in [3.05, 3.63) is 0 Å². The number of aliphatic hydroxyl groups is 4. The second-order valence-corrected chi connectivity index (χ2v) is 5.07. The second kappa shape index (κ2) is 4.74. The summed E-state index contributed by atoms with van der Waals surface area (Å²) in [6.45, 7) is -0.842. The Hall–Kier alpha value is -0.330. The molecular formula is C7H14O9S. The van der Waals surface area contributed by atoms with Crippen molar-refractivity contribution in [3.63, 3.8) is 0 Å². The average molecular weight is 274 g/mol. The summed E-state index contributed by atoms with van der Waals surface area (Å²) in [4.78, 5) is 0. The molecule has 1 aliphatic rings. The van der Waals surface area contributed by atoms with Crippen LogP contribution in [-0.4, -0.2) is 76.6 Å². The van der Waals surface area contributed by atoms with Gasteiger partial charge in [0.25, 0.3) is 0 Å². The Labute approximate surface area is 97.0 Å². The second-order valence-electron chi connectivity index (χ2n) is 3.55. The van der Waals surface area contributed by atoms with Gasteiger partial charge in [0, 0.05) is 7.11 Å². The zero-order valence-corrected chi connectivity index (χ0v) is 9.61. The molecule has 5 N–H and O–H groups in total. The third-order valence-corrected chi connectivity index (χ3v) is 3.78. The van der Waals surface area contributed by atoms with Crippen molar-refractivity contribution in [3.8, 4) is 0 Å². The molecule has 10 heteroatoms. The van der Waals surface area contributed by atoms with Crippen LogP contribution in [0.15, 0.2) is 0 Å². The van der Waals surface area contributed by atoms with E-state index in [2.05, 4.69) is 9.47 Å². The van der Waals surface area contributed by atoms with Crippen LogP contribution in [-0.2, 0) is 19.6 Å². The Morgan fingerprint density at radius 3 is 2.18 bits per heavy atom. The van der Waals surface area contributed by atoms with Gasteiger partial charge in [0.15, 0.2) is 6.10 Å². The van der Waals surface area contributed by atoms with Gasteiger partial charge in [-0.25, -0.2) is 0 Å². The Kier molecular flexibility index (Phi) is 4.11. The fraction of sp³-hybridized carbons (Fsp3) is 1.00. The van der Waals surface area contributed by atoms with Gasteiger partial charge >= 0.3 is 15.2 Å². The van der Waals surface area contributed by atoms with E-state index in [0.717, 1.165) is 7.11 Å². The summed E-state index contributed by atoms with van der Waals surface area (Å²) in [6.07, 6.45) is -7.46. The Bertz CT molecular complexity index is 366. The topological polar surface area (TPSA) is 154 Å². The molecule has 1 rings (SSSR count). The van der Waals surface area contributed by atoms with Gasteiger partial charge in [-0.15, -0.1) is 0 Å². The van der Waals surface area contributed by atoms with Crippen molar-refractivity contribution in [1.82, 2.24) is 0 Å². The van der Waals surface area contributed by atoms with Crippen LogP contribution < -0.4 is 0 Å². The summed E-state index contributed by atoms with van der Waals surface area (Å²) < 4.78 is 40.3. The predicted molar refractivity (Wildman–Crippen MR) is 51.3 cm³/mol. The Balaban J connectivity index is 3.23. The van der Waals surface area contributed by atoms with Gasteiger partial charge < -0.3 is 29.9 Å². The fourth-order valence-corrected chi connectivity index (χ4v) is 2.50. The first-order chi connectivity index (χ1) is 7.71. The first-order valence-electron chi connectivity index (χ1n) is 4.56. The molecule has 0 radical (unpaired) electrons. The van der Waals surface area contributed by atoms with Crippen LogP contribution in [0.25, 0.3) is 0 Å². The SMILES string of the molecule is CO[C@@]1(S(=O)(=O)O)O[C@H](CO)[C@@H](O)[C@H](O)[C@H]1O. The third kappa shape index (κ3) is 2.18. The molecule has 0 spiro atoms. The molecule has 1 saturated heterocycles. The van der Waals surface area contributed by atoms with E-state index in [0.29, 0.717) is 0 Å². The normalized spacial score (nSPS) is 43.6. The zero-order valence-electron chi connectivity index (χ0n) is 8.79. The van der Waals surface area contributed by atoms with Crippen LogP contribution >= 0.6 is 0 Å². The van der Waals surface area contributed by atoms with Crippen molar-refractivity contribution in [2.45, 2.75) is 29.5 Å². The molecule has 0 aromatic heterocycles. The molecule has 0 aromatic carbocycles. The highest BCUT2D eigenvalue weighted by molar-refractivity contribution is 7.87. The van der Waals surface area contributed by atoms with Crippen molar-refractivity contribution in [2.75, 3.05) is 13.7 Å². The van der Waals surface area contributed by atoms with Gasteiger partial charge in [-0.2, -0.15) is 8.42 Å². The Morgan fingerprint density at radius 1 is 1.29 bits per heavy atom. The van der Waals surface area contributed by atoms with Gasteiger partial charge in [-0.3, -0.25) is 4.55 Å². The quantitative estimate of drug-likeness (QED) is 0.332. The van der Waals surface area contributed by atoms with Crippen LogP contribution in [0.2, 0.25) is 0 Å². The molecule has 1 aliphatic heterocycles. The smallest absolute Gasteiger partial charge is 0.329 e. The first kappa shape index (κ1) is 14.7. The van der Waals surface area contributed by atoms with Crippen molar-refractivity contribution in [2.24, 2.45) is 0 Å². The molecule has 0 amide bonds. The van der Waals surface area contributed by atoms with Crippen molar-refractivity contribution < 1.29 is 42.9 Å². The minimum absolute atomic E-state index is 0.815. The predicted octanol–water partition coefficient (Wildman–Crippen LogP) is -3.35. The molecule has 5 atom stereocenters. The molecule has 9 nitrogen and oxygen atoms in total. The number of methoxy groups -OCH3 is 1. The Morgan fingerprint density at radius 2 is 1.82 bits per heavy atom. The number of ether oxygens (including phenoxy) is 2. The highest BCUT2D eigenvalue weighted by Gasteiger charge is 2.61. The van der Waals surface area contributed by atoms with Gasteiger partial charge in [0.2, 0.25) is 0 Å². The van der Waals surface area contributed by atoms with Crippen molar-refractivity contribution in [1.29, 1.82) is 0 Å². The van der Waals surface area contributed by atoms with E-state index in [1.807, 2.05) is 0 Å². The van der Waals surface area contributed by atoms with E-state index in [-0.39, 0.29) is 0 Å². The molecule has 0 aliphatic carbocycles. The third-order valence-electron chi connectivity index (χ3n) is 2.56. The number of hydrogen-bond acceptors (Lipinski definition) is 8. The maximum Gasteiger partial charge on any atom is 0.329 e. The van der Waals surface area contributed by atoms with Crippen LogP contribution in [0.3, 0.4) is 0 Å². The van der Waals surface area contributed by atoms with E-state index in [1.165, 1.54) is 0 Å². The number of aliphatic hydroxyl groups excluding tert-OH is 4. The van der Waals surface area contributed by atoms with Gasteiger partial charge in [0.05, 0.1) is 6.61 Å². The molecule has 102 valence electrons. The van der Waals surface area contributed by atoms with Crippen LogP contribution in [0.5, 0.6) is 0 Å². The molecule has 0 unspecified atom stereocenters. The minimum atomic E-state index is -5.06. The number of rotatable bonds is 3. The summed E-state index contributed by atoms with van der Waals surface area (Å²) in [5, 5.41) is 34.2. The highest BCUT2D eigenvalue weighted by Crippen LogP contribution is 2.34. The largest absolute Gasteiger partial charge is 0.394 e. The molecule has 1 heterocycles. The zero-order chi connectivity index (χ0) is 13.4. The first-order valence-corrected chi connectivity index (χ1v) is 6.00. The highest BCUT2D eigenvalue weighted by atomic mass is 32.2. The standard InChI is InChI=1S/C7H14O9S/c1-15-7(17(12,13)14)6(11)5(10)4(9)3(2-8)16-7/h3-6,8-11H,2H2,1H3,(H,12,13,14)/t3-,4-,5+,6-,7-/m1/s1. The van der Waals surface area contributed by atoms with E-state index in [1.54, 1.807) is 0 Å². The van der Waals surface area contributed by atoms with Gasteiger partial charge in [-0.1, -0.05) is 0 Å². The molecule has 0 aromatic rings. The van der Waals surface area contributed by atoms with Crippen LogP contribution in [0.4, 0.5) is 0 Å². The maximum atomic E-state index is 11.1. The average Bonchev–Trinajstić information content (AvgIpc) is 2.25. The lowest BCUT2D eigenvalue weighted by atomic mass is 9.99. The summed E-state index contributed by atoms with van der Waals surface area (Å²) in [6, 6.07) is 0. The number of hydrogen-bond donors (Lipinski definition) is 5. The van der Waals surface area contributed by atoms with Crippen LogP contribution in [0, 0.1) is 0 Å². The lowest BCUT2D eigenvalue weighted by Crippen LogP contribution is -2.68. The summed E-state index contributed by atoms with van der Waals surface area (Å²) >= 11 is 0. The molecule has 1 fully saturated rings. The maximum absolute atomic E-state index is 11.1. The van der Waals surface area contributed by atoms with Gasteiger partial charge in [0.1, 0.15) is 18.3 Å². The summed E-state index contributed by atoms with van der Waals surface area (Å²) in [5.74, 6) is 0. The van der Waals surface area contributed by atoms with E-state index >= 15 is 0 Å². The molecule has 17 heavy (non-hydrogen) atoms. The fourth-order valence-electron chi connectivity index (χ4n) is 1.60. The lowest BCUT2D eigenvalue weighted by Gasteiger charge is -2.44. The molecule has 0 bridgehead atoms. The van der Waals surface area contributed by atoms with E-state index in [9.17, 15) is 23.7 Å². The van der Waals surface area contributed by atoms with Crippen molar-refractivity contribution >= 4 is 10.1 Å². The van der Waals surface area contributed by atoms with Gasteiger partial charge in [-0.05, 0) is 0 Å². The molecule has 0 saturated carbocycles. The molecular weight excluding hydrogens is 260 g/mol. The summed E-state index contributed by atoms with van der Waals surface area (Å²) in [7, 11) is -4.25. The van der Waals surface area contributed by atoms with E-state index in [4.69, 9.17) is 9.66 Å². The minimum Gasteiger partial charge on any atom is -0.394 e. The van der Waals surface area contributed by atoms with E-state index < -0.39 is 46.3 Å². The van der Waals surface area contributed by atoms with Crippen LogP contribution in [0.1, 0.15) is 0 Å². The monoisotopic (exact) mass is 274 g/mol. The summed E-state index contributed by atoms with van der Waals surface area (Å²) in [5.41, 5.74) is 0.